The van der Waals surface area contributed by atoms with Crippen molar-refractivity contribution >= 4 is 18.3 Å². The van der Waals surface area contributed by atoms with E-state index in [1.165, 1.54) is 6.42 Å². The summed E-state index contributed by atoms with van der Waals surface area (Å²) < 4.78 is 5.37. The Balaban J connectivity index is 0.00000200. The van der Waals surface area contributed by atoms with E-state index >= 15 is 0 Å². The van der Waals surface area contributed by atoms with Crippen molar-refractivity contribution in [1.29, 1.82) is 0 Å². The molecule has 112 valence electrons. The molecular formula is C15H23ClN2O2. The number of hydrogen-bond donors (Lipinski definition) is 2. The molecule has 1 aromatic rings. The van der Waals surface area contributed by atoms with Crippen LogP contribution in [0.2, 0.25) is 0 Å². The molecule has 1 unspecified atom stereocenters. The molecule has 1 heterocycles. The van der Waals surface area contributed by atoms with Crippen LogP contribution in [0.4, 0.5) is 0 Å². The fourth-order valence-corrected chi connectivity index (χ4v) is 2.29. The van der Waals surface area contributed by atoms with E-state index in [1.54, 1.807) is 0 Å². The molecule has 1 aromatic carbocycles. The number of hydrogen-bond acceptors (Lipinski definition) is 3. The highest BCUT2D eigenvalue weighted by molar-refractivity contribution is 5.85. The van der Waals surface area contributed by atoms with Gasteiger partial charge in [-0.2, -0.15) is 0 Å². The fraction of sp³-hybridized carbons (Fsp3) is 0.533. The zero-order valence-corrected chi connectivity index (χ0v) is 12.7. The summed E-state index contributed by atoms with van der Waals surface area (Å²) in [6.07, 6.45) is 2.79. The molecule has 0 saturated carbocycles. The summed E-state index contributed by atoms with van der Waals surface area (Å²) in [5, 5.41) is 6.35. The third kappa shape index (κ3) is 5.39. The van der Waals surface area contributed by atoms with Gasteiger partial charge in [-0.1, -0.05) is 12.1 Å². The molecule has 1 fully saturated rings. The predicted molar refractivity (Wildman–Crippen MR) is 82.6 cm³/mol. The summed E-state index contributed by atoms with van der Waals surface area (Å²) in [5.74, 6) is 0.930. The Bertz CT molecular complexity index is 403. The number of carbonyl (C=O) groups is 1. The third-order valence-corrected chi connectivity index (χ3v) is 3.31. The van der Waals surface area contributed by atoms with Crippen molar-refractivity contribution in [2.75, 3.05) is 19.7 Å². The Morgan fingerprint density at radius 2 is 2.15 bits per heavy atom. The average molecular weight is 299 g/mol. The first kappa shape index (κ1) is 16.8. The van der Waals surface area contributed by atoms with Crippen LogP contribution in [0.25, 0.3) is 0 Å². The summed E-state index contributed by atoms with van der Waals surface area (Å²) in [5.41, 5.74) is 1.01. The first-order valence-corrected chi connectivity index (χ1v) is 6.99. The molecule has 1 saturated heterocycles. The topological polar surface area (TPSA) is 50.4 Å². The van der Waals surface area contributed by atoms with Gasteiger partial charge in [0.15, 0.2) is 0 Å². The molecule has 1 aliphatic heterocycles. The van der Waals surface area contributed by atoms with Crippen LogP contribution in [0.5, 0.6) is 5.75 Å². The Kier molecular flexibility index (Phi) is 7.41. The van der Waals surface area contributed by atoms with E-state index in [0.717, 1.165) is 30.8 Å². The second-order valence-electron chi connectivity index (χ2n) is 4.85. The summed E-state index contributed by atoms with van der Waals surface area (Å²) in [4.78, 5) is 11.8. The lowest BCUT2D eigenvalue weighted by molar-refractivity contribution is -0.120. The predicted octanol–water partition coefficient (Wildman–Crippen LogP) is 1.92. The molecule has 4 nitrogen and oxygen atoms in total. The maximum atomic E-state index is 11.8. The molecule has 0 radical (unpaired) electrons. The van der Waals surface area contributed by atoms with Gasteiger partial charge in [-0.05, 0) is 44.0 Å². The minimum Gasteiger partial charge on any atom is -0.494 e. The normalized spacial score (nSPS) is 17.4. The van der Waals surface area contributed by atoms with Crippen molar-refractivity contribution in [3.63, 3.8) is 0 Å². The van der Waals surface area contributed by atoms with Gasteiger partial charge in [0.1, 0.15) is 5.75 Å². The van der Waals surface area contributed by atoms with Gasteiger partial charge in [-0.25, -0.2) is 0 Å². The van der Waals surface area contributed by atoms with Crippen molar-refractivity contribution in [1.82, 2.24) is 10.6 Å². The summed E-state index contributed by atoms with van der Waals surface area (Å²) in [7, 11) is 0. The highest BCUT2D eigenvalue weighted by Gasteiger charge is 2.14. The Hall–Kier alpha value is -1.26. The lowest BCUT2D eigenvalue weighted by Crippen LogP contribution is -2.37. The Morgan fingerprint density at radius 1 is 1.40 bits per heavy atom. The zero-order chi connectivity index (χ0) is 13.5. The number of ether oxygens (including phenoxy) is 1. The van der Waals surface area contributed by atoms with Crippen LogP contribution in [-0.2, 0) is 11.2 Å². The molecule has 0 spiro atoms. The van der Waals surface area contributed by atoms with Crippen molar-refractivity contribution in [2.24, 2.45) is 0 Å². The number of benzene rings is 1. The lowest BCUT2D eigenvalue weighted by Gasteiger charge is -2.11. The van der Waals surface area contributed by atoms with Crippen LogP contribution in [0.1, 0.15) is 25.3 Å². The van der Waals surface area contributed by atoms with E-state index < -0.39 is 0 Å². The van der Waals surface area contributed by atoms with E-state index in [4.69, 9.17) is 4.74 Å². The Labute approximate surface area is 126 Å². The fourth-order valence-electron chi connectivity index (χ4n) is 2.29. The highest BCUT2D eigenvalue weighted by atomic mass is 35.5. The van der Waals surface area contributed by atoms with Crippen molar-refractivity contribution in [3.05, 3.63) is 29.8 Å². The third-order valence-electron chi connectivity index (χ3n) is 3.31. The first-order valence-electron chi connectivity index (χ1n) is 6.99. The van der Waals surface area contributed by atoms with Crippen LogP contribution in [-0.4, -0.2) is 31.6 Å². The van der Waals surface area contributed by atoms with E-state index in [0.29, 0.717) is 19.1 Å². The molecular weight excluding hydrogens is 276 g/mol. The molecule has 0 bridgehead atoms. The van der Waals surface area contributed by atoms with Gasteiger partial charge < -0.3 is 15.4 Å². The zero-order valence-electron chi connectivity index (χ0n) is 11.9. The molecule has 1 aliphatic rings. The van der Waals surface area contributed by atoms with Gasteiger partial charge in [-0.15, -0.1) is 12.4 Å². The number of nitrogens with one attached hydrogen (secondary N) is 2. The second-order valence-corrected chi connectivity index (χ2v) is 4.85. The standard InChI is InChI=1S/C15H22N2O2.ClH/c1-2-19-14-7-5-12(6-8-14)10-15(18)17-11-13-4-3-9-16-13;/h5-8,13,16H,2-4,9-11H2,1H3,(H,17,18);1H. The number of amides is 1. The summed E-state index contributed by atoms with van der Waals surface area (Å²) in [6, 6.07) is 8.15. The van der Waals surface area contributed by atoms with Crippen LogP contribution in [0.15, 0.2) is 24.3 Å². The lowest BCUT2D eigenvalue weighted by atomic mass is 10.1. The van der Waals surface area contributed by atoms with Gasteiger partial charge in [0.25, 0.3) is 0 Å². The summed E-state index contributed by atoms with van der Waals surface area (Å²) in [6.45, 7) is 4.42. The first-order chi connectivity index (χ1) is 9.28. The van der Waals surface area contributed by atoms with Gasteiger partial charge >= 0.3 is 0 Å². The van der Waals surface area contributed by atoms with E-state index in [9.17, 15) is 4.79 Å². The van der Waals surface area contributed by atoms with Crippen LogP contribution >= 0.6 is 12.4 Å². The number of carbonyl (C=O) groups excluding carboxylic acids is 1. The van der Waals surface area contributed by atoms with Gasteiger partial charge in [0.05, 0.1) is 13.0 Å². The monoisotopic (exact) mass is 298 g/mol. The van der Waals surface area contributed by atoms with Gasteiger partial charge in [-0.3, -0.25) is 4.79 Å². The van der Waals surface area contributed by atoms with Crippen molar-refractivity contribution in [2.45, 2.75) is 32.2 Å². The summed E-state index contributed by atoms with van der Waals surface area (Å²) >= 11 is 0. The van der Waals surface area contributed by atoms with E-state index in [2.05, 4.69) is 10.6 Å². The number of rotatable bonds is 6. The second kappa shape index (κ2) is 8.82. The Morgan fingerprint density at radius 3 is 2.75 bits per heavy atom. The maximum absolute atomic E-state index is 11.8. The highest BCUT2D eigenvalue weighted by Crippen LogP contribution is 2.12. The minimum atomic E-state index is 0. The molecule has 20 heavy (non-hydrogen) atoms. The largest absolute Gasteiger partial charge is 0.494 e. The van der Waals surface area contributed by atoms with Crippen LogP contribution in [0, 0.1) is 0 Å². The van der Waals surface area contributed by atoms with E-state index in [-0.39, 0.29) is 18.3 Å². The molecule has 5 heteroatoms. The van der Waals surface area contributed by atoms with E-state index in [1.807, 2.05) is 31.2 Å². The average Bonchev–Trinajstić information content (AvgIpc) is 2.92. The maximum Gasteiger partial charge on any atom is 0.224 e. The number of halogens is 1. The van der Waals surface area contributed by atoms with Crippen LogP contribution < -0.4 is 15.4 Å². The molecule has 1 atom stereocenters. The minimum absolute atomic E-state index is 0. The molecule has 1 amide bonds. The SMILES string of the molecule is CCOc1ccc(CC(=O)NCC2CCCN2)cc1.Cl. The van der Waals surface area contributed by atoms with Gasteiger partial charge in [0, 0.05) is 12.6 Å². The quantitative estimate of drug-likeness (QED) is 0.843. The van der Waals surface area contributed by atoms with Gasteiger partial charge in [0.2, 0.25) is 5.91 Å². The smallest absolute Gasteiger partial charge is 0.224 e. The van der Waals surface area contributed by atoms with Crippen LogP contribution in [0.3, 0.4) is 0 Å². The van der Waals surface area contributed by atoms with Crippen molar-refractivity contribution in [3.8, 4) is 5.75 Å². The molecule has 2 N–H and O–H groups in total. The van der Waals surface area contributed by atoms with Crippen molar-refractivity contribution < 1.29 is 9.53 Å². The molecule has 0 aromatic heterocycles. The molecule has 0 aliphatic carbocycles. The molecule has 2 rings (SSSR count).